The SMILES string of the molecule is Cc1ccccc1-c1ccnc(Cn2c(=O)ccn([C@@H]3O[C@H](COP(=O)(O)OP(=O)(O)O)C(O)C3O)c2=O)c1. The van der Waals surface area contributed by atoms with Crippen molar-refractivity contribution in [3.63, 3.8) is 0 Å². The topological polar surface area (TPSA) is 220 Å². The summed E-state index contributed by atoms with van der Waals surface area (Å²) >= 11 is 0. The van der Waals surface area contributed by atoms with Gasteiger partial charge in [0.2, 0.25) is 0 Å². The molecule has 0 radical (unpaired) electrons. The van der Waals surface area contributed by atoms with Gasteiger partial charge in [-0.1, -0.05) is 24.3 Å². The minimum Gasteiger partial charge on any atom is -0.387 e. The molecule has 0 spiro atoms. The highest BCUT2D eigenvalue weighted by atomic mass is 31.3. The summed E-state index contributed by atoms with van der Waals surface area (Å²) in [6.07, 6.45) is -3.94. The van der Waals surface area contributed by atoms with Crippen LogP contribution in [0.2, 0.25) is 0 Å². The number of hydrogen-bond acceptors (Lipinski definition) is 10. The third kappa shape index (κ3) is 6.86. The van der Waals surface area contributed by atoms with Crippen LogP contribution in [0.1, 0.15) is 17.5 Å². The molecule has 1 saturated heterocycles. The third-order valence-electron chi connectivity index (χ3n) is 5.91. The van der Waals surface area contributed by atoms with E-state index in [-0.39, 0.29) is 6.54 Å². The molecule has 17 heteroatoms. The lowest BCUT2D eigenvalue weighted by molar-refractivity contribution is -0.0547. The van der Waals surface area contributed by atoms with Crippen molar-refractivity contribution >= 4 is 15.6 Å². The zero-order valence-corrected chi connectivity index (χ0v) is 22.0. The molecule has 5 N–H and O–H groups in total. The summed E-state index contributed by atoms with van der Waals surface area (Å²) in [4.78, 5) is 56.8. The van der Waals surface area contributed by atoms with Crippen molar-refractivity contribution in [3.05, 3.63) is 87.0 Å². The summed E-state index contributed by atoms with van der Waals surface area (Å²) < 4.78 is 37.7. The molecule has 3 aromatic rings. The van der Waals surface area contributed by atoms with Crippen molar-refractivity contribution in [2.75, 3.05) is 6.61 Å². The Balaban J connectivity index is 1.56. The molecule has 0 amide bonds. The number of aryl methyl sites for hydroxylation is 1. The molecule has 1 fully saturated rings. The molecule has 4 rings (SSSR count). The van der Waals surface area contributed by atoms with Crippen molar-refractivity contribution in [3.8, 4) is 11.1 Å². The molecule has 3 heterocycles. The first-order chi connectivity index (χ1) is 18.3. The van der Waals surface area contributed by atoms with E-state index < -0.39 is 58.0 Å². The number of ether oxygens (including phenoxy) is 1. The Hall–Kier alpha value is -2.81. The molecule has 2 aromatic heterocycles. The Morgan fingerprint density at radius 1 is 1.05 bits per heavy atom. The normalized spacial score (nSPS) is 23.0. The van der Waals surface area contributed by atoms with Gasteiger partial charge in [-0.2, -0.15) is 4.31 Å². The van der Waals surface area contributed by atoms with Crippen LogP contribution in [0.3, 0.4) is 0 Å². The number of aromatic nitrogens is 3. The van der Waals surface area contributed by atoms with Crippen LogP contribution in [0.4, 0.5) is 0 Å². The monoisotopic (exact) mass is 585 g/mol. The highest BCUT2D eigenvalue weighted by Crippen LogP contribution is 2.57. The lowest BCUT2D eigenvalue weighted by Crippen LogP contribution is -2.43. The minimum atomic E-state index is -5.38. The largest absolute Gasteiger partial charge is 0.481 e. The average Bonchev–Trinajstić information content (AvgIpc) is 3.13. The van der Waals surface area contributed by atoms with Gasteiger partial charge in [-0.25, -0.2) is 13.9 Å². The number of benzene rings is 1. The first-order valence-electron chi connectivity index (χ1n) is 11.3. The summed E-state index contributed by atoms with van der Waals surface area (Å²) in [5.41, 5.74) is 1.62. The highest BCUT2D eigenvalue weighted by Gasteiger charge is 2.46. The predicted octanol–water partition coefficient (Wildman–Crippen LogP) is 0.274. The predicted molar refractivity (Wildman–Crippen MR) is 133 cm³/mol. The van der Waals surface area contributed by atoms with Gasteiger partial charge in [-0.3, -0.25) is 23.4 Å². The van der Waals surface area contributed by atoms with Crippen molar-refractivity contribution < 1.29 is 47.6 Å². The minimum absolute atomic E-state index is 0.219. The Bertz CT molecular complexity index is 1570. The van der Waals surface area contributed by atoms with Crippen LogP contribution in [0.15, 0.2) is 64.4 Å². The molecule has 1 aliphatic rings. The highest BCUT2D eigenvalue weighted by molar-refractivity contribution is 7.60. The summed E-state index contributed by atoms with van der Waals surface area (Å²) in [6.45, 7) is 0.787. The number of nitrogens with zero attached hydrogens (tertiary/aromatic N) is 3. The summed E-state index contributed by atoms with van der Waals surface area (Å²) in [6, 6.07) is 12.2. The first kappa shape index (κ1) is 29.2. The van der Waals surface area contributed by atoms with Crippen LogP contribution < -0.4 is 11.2 Å². The van der Waals surface area contributed by atoms with Gasteiger partial charge in [0.25, 0.3) is 5.56 Å². The Morgan fingerprint density at radius 2 is 1.77 bits per heavy atom. The number of aliphatic hydroxyl groups excluding tert-OH is 2. The lowest BCUT2D eigenvalue weighted by atomic mass is 10.0. The molecule has 1 aromatic carbocycles. The van der Waals surface area contributed by atoms with Gasteiger partial charge < -0.3 is 29.6 Å². The standard InChI is InChI=1S/C22H25N3O12P2/c1-13-4-2-3-5-16(13)14-6-8-23-15(10-14)11-25-18(26)7-9-24(22(25)29)21-20(28)19(27)17(36-21)12-35-39(33,34)37-38(30,31)32/h2-10,17,19-21,27-28H,11-12H2,1H3,(H,33,34)(H2,30,31,32)/t17-,19?,20?,21-/m1/s1. The van der Waals surface area contributed by atoms with Crippen molar-refractivity contribution in [1.29, 1.82) is 0 Å². The number of aliphatic hydroxyl groups is 2. The number of phosphoric ester groups is 1. The van der Waals surface area contributed by atoms with Crippen molar-refractivity contribution in [2.45, 2.75) is 38.0 Å². The van der Waals surface area contributed by atoms with E-state index in [0.29, 0.717) is 5.69 Å². The van der Waals surface area contributed by atoms with Crippen LogP contribution in [0.5, 0.6) is 0 Å². The van der Waals surface area contributed by atoms with E-state index in [1.807, 2.05) is 31.2 Å². The van der Waals surface area contributed by atoms with Gasteiger partial charge >= 0.3 is 21.3 Å². The molecule has 39 heavy (non-hydrogen) atoms. The van der Waals surface area contributed by atoms with Crippen molar-refractivity contribution in [1.82, 2.24) is 14.1 Å². The van der Waals surface area contributed by atoms with E-state index in [0.717, 1.165) is 38.1 Å². The van der Waals surface area contributed by atoms with E-state index in [1.165, 1.54) is 0 Å². The van der Waals surface area contributed by atoms with Crippen LogP contribution in [0, 0.1) is 6.92 Å². The smallest absolute Gasteiger partial charge is 0.387 e. The first-order valence-corrected chi connectivity index (χ1v) is 14.4. The molecule has 5 atom stereocenters. The van der Waals surface area contributed by atoms with Gasteiger partial charge in [-0.15, -0.1) is 0 Å². The maximum atomic E-state index is 13.2. The second-order valence-electron chi connectivity index (χ2n) is 8.66. The molecule has 1 aliphatic heterocycles. The zero-order valence-electron chi connectivity index (χ0n) is 20.2. The molecular formula is C22H25N3O12P2. The van der Waals surface area contributed by atoms with Crippen LogP contribution in [-0.2, 0) is 29.2 Å². The number of pyridine rings is 1. The average molecular weight is 585 g/mol. The van der Waals surface area contributed by atoms with E-state index in [2.05, 4.69) is 13.8 Å². The third-order valence-corrected chi connectivity index (χ3v) is 8.06. The van der Waals surface area contributed by atoms with Gasteiger partial charge in [0.1, 0.15) is 18.3 Å². The molecule has 15 nitrogen and oxygen atoms in total. The maximum Gasteiger partial charge on any atom is 0.481 e. The van der Waals surface area contributed by atoms with E-state index in [9.17, 15) is 33.8 Å². The fourth-order valence-electron chi connectivity index (χ4n) is 4.08. The van der Waals surface area contributed by atoms with Crippen LogP contribution in [-0.4, -0.2) is 63.9 Å². The molecule has 0 aliphatic carbocycles. The van der Waals surface area contributed by atoms with E-state index in [4.69, 9.17) is 14.5 Å². The Kier molecular flexibility index (Phi) is 8.50. The Morgan fingerprint density at radius 3 is 2.46 bits per heavy atom. The molecule has 0 bridgehead atoms. The molecule has 3 unspecified atom stereocenters. The van der Waals surface area contributed by atoms with Crippen LogP contribution in [0.25, 0.3) is 11.1 Å². The Labute approximate surface area is 220 Å². The quantitative estimate of drug-likeness (QED) is 0.213. The van der Waals surface area contributed by atoms with E-state index >= 15 is 0 Å². The summed E-state index contributed by atoms with van der Waals surface area (Å²) in [5, 5.41) is 20.8. The molecule has 0 saturated carbocycles. The number of hydrogen-bond donors (Lipinski definition) is 5. The zero-order chi connectivity index (χ0) is 28.5. The van der Waals surface area contributed by atoms with E-state index in [1.54, 1.807) is 18.3 Å². The fraction of sp³-hybridized carbons (Fsp3) is 0.318. The summed E-state index contributed by atoms with van der Waals surface area (Å²) in [7, 11) is -10.6. The van der Waals surface area contributed by atoms with Gasteiger partial charge in [-0.05, 0) is 35.7 Å². The lowest BCUT2D eigenvalue weighted by Gasteiger charge is -2.19. The summed E-state index contributed by atoms with van der Waals surface area (Å²) in [5.74, 6) is 0. The fourth-order valence-corrected chi connectivity index (χ4v) is 5.68. The molecular weight excluding hydrogens is 560 g/mol. The van der Waals surface area contributed by atoms with Gasteiger partial charge in [0, 0.05) is 18.5 Å². The number of rotatable bonds is 9. The van der Waals surface area contributed by atoms with Gasteiger partial charge in [0.05, 0.1) is 18.8 Å². The molecule has 210 valence electrons. The van der Waals surface area contributed by atoms with Crippen LogP contribution >= 0.6 is 15.6 Å². The maximum absolute atomic E-state index is 13.2. The second kappa shape index (κ2) is 11.4. The van der Waals surface area contributed by atoms with Gasteiger partial charge in [0.15, 0.2) is 6.23 Å². The number of phosphoric acid groups is 2. The second-order valence-corrected chi connectivity index (χ2v) is 11.5. The van der Waals surface area contributed by atoms with Crippen molar-refractivity contribution in [2.24, 2.45) is 0 Å².